The van der Waals surface area contributed by atoms with Gasteiger partial charge in [0, 0.05) is 12.5 Å². The zero-order chi connectivity index (χ0) is 16.6. The van der Waals surface area contributed by atoms with Gasteiger partial charge in [-0.3, -0.25) is 0 Å². The van der Waals surface area contributed by atoms with E-state index in [-0.39, 0.29) is 10.8 Å². The van der Waals surface area contributed by atoms with E-state index < -0.39 is 10.0 Å². The van der Waals surface area contributed by atoms with Gasteiger partial charge in [0.1, 0.15) is 4.21 Å². The molecule has 3 aromatic rings. The molecule has 1 saturated carbocycles. The monoisotopic (exact) mass is 360 g/mol. The first kappa shape index (κ1) is 15.6. The molecule has 1 aliphatic carbocycles. The fraction of sp³-hybridized carbons (Fsp3) is 0.235. The molecule has 2 aromatic heterocycles. The number of hydrogen-bond donors (Lipinski definition) is 1. The minimum atomic E-state index is -3.54. The van der Waals surface area contributed by atoms with Crippen molar-refractivity contribution in [2.75, 3.05) is 0 Å². The third-order valence-electron chi connectivity index (χ3n) is 3.85. The molecule has 4 rings (SSSR count). The third kappa shape index (κ3) is 3.28. The maximum atomic E-state index is 12.4. The van der Waals surface area contributed by atoms with Gasteiger partial charge in [-0.1, -0.05) is 30.3 Å². The zero-order valence-corrected chi connectivity index (χ0v) is 14.4. The molecular formula is C17H16N2O3S2. The van der Waals surface area contributed by atoms with Gasteiger partial charge in [-0.05, 0) is 30.5 Å². The number of aromatic nitrogens is 1. The molecule has 0 aliphatic heterocycles. The summed E-state index contributed by atoms with van der Waals surface area (Å²) in [6.45, 7) is 0.268. The Morgan fingerprint density at radius 2 is 1.96 bits per heavy atom. The highest BCUT2D eigenvalue weighted by Gasteiger charge is 2.29. The Bertz CT molecular complexity index is 941. The van der Waals surface area contributed by atoms with Crippen molar-refractivity contribution < 1.29 is 12.8 Å². The van der Waals surface area contributed by atoms with Crippen molar-refractivity contribution in [2.24, 2.45) is 0 Å². The van der Waals surface area contributed by atoms with E-state index in [1.807, 2.05) is 30.3 Å². The number of rotatable bonds is 6. The van der Waals surface area contributed by atoms with Crippen molar-refractivity contribution in [2.45, 2.75) is 29.5 Å². The van der Waals surface area contributed by atoms with Crippen LogP contribution in [-0.2, 0) is 16.6 Å². The molecule has 1 aliphatic rings. The fourth-order valence-electron chi connectivity index (χ4n) is 2.36. The minimum absolute atomic E-state index is 0.268. The van der Waals surface area contributed by atoms with Crippen molar-refractivity contribution in [3.63, 3.8) is 0 Å². The predicted octanol–water partition coefficient (Wildman–Crippen LogP) is 3.76. The average molecular weight is 360 g/mol. The Balaban J connectivity index is 1.50. The number of thiophene rings is 1. The summed E-state index contributed by atoms with van der Waals surface area (Å²) in [6, 6.07) is 12.8. The first-order valence-corrected chi connectivity index (χ1v) is 10.0. The van der Waals surface area contributed by atoms with Crippen LogP contribution in [0.5, 0.6) is 0 Å². The summed E-state index contributed by atoms with van der Waals surface area (Å²) in [5, 5.41) is 0. The molecule has 1 N–H and O–H groups in total. The van der Waals surface area contributed by atoms with E-state index in [2.05, 4.69) is 9.71 Å². The van der Waals surface area contributed by atoms with Crippen LogP contribution in [-0.4, -0.2) is 13.4 Å². The second-order valence-corrected chi connectivity index (χ2v) is 8.84. The van der Waals surface area contributed by atoms with E-state index in [1.54, 1.807) is 18.3 Å². The van der Waals surface area contributed by atoms with Gasteiger partial charge >= 0.3 is 0 Å². The van der Waals surface area contributed by atoms with E-state index in [9.17, 15) is 8.42 Å². The van der Waals surface area contributed by atoms with Crippen LogP contribution in [0.3, 0.4) is 0 Å². The molecule has 124 valence electrons. The number of nitrogens with one attached hydrogen (secondary N) is 1. The first-order chi connectivity index (χ1) is 11.6. The summed E-state index contributed by atoms with van der Waals surface area (Å²) in [7, 11) is -3.54. The number of benzene rings is 1. The lowest BCUT2D eigenvalue weighted by Gasteiger charge is -2.04. The van der Waals surface area contributed by atoms with Crippen LogP contribution in [0.2, 0.25) is 0 Å². The van der Waals surface area contributed by atoms with Crippen LogP contribution in [0, 0.1) is 0 Å². The van der Waals surface area contributed by atoms with Crippen LogP contribution >= 0.6 is 11.3 Å². The maximum Gasteiger partial charge on any atom is 0.250 e. The SMILES string of the molecule is O=S(=O)(NCc1ccccc1)c1ccc(-c2cnc(C3CC3)o2)s1. The zero-order valence-electron chi connectivity index (χ0n) is 12.8. The molecule has 0 radical (unpaired) electrons. The van der Waals surface area contributed by atoms with Gasteiger partial charge < -0.3 is 4.42 Å². The Morgan fingerprint density at radius 3 is 2.71 bits per heavy atom. The van der Waals surface area contributed by atoms with E-state index >= 15 is 0 Å². The van der Waals surface area contributed by atoms with Gasteiger partial charge in [-0.2, -0.15) is 0 Å². The Kier molecular flexibility index (Phi) is 3.99. The normalized spacial score (nSPS) is 14.8. The quantitative estimate of drug-likeness (QED) is 0.726. The highest BCUT2D eigenvalue weighted by molar-refractivity contribution is 7.91. The fourth-order valence-corrected chi connectivity index (χ4v) is 4.68. The maximum absolute atomic E-state index is 12.4. The molecule has 7 heteroatoms. The molecule has 24 heavy (non-hydrogen) atoms. The summed E-state index contributed by atoms with van der Waals surface area (Å²) >= 11 is 1.19. The van der Waals surface area contributed by atoms with Gasteiger partial charge in [0.15, 0.2) is 11.7 Å². The van der Waals surface area contributed by atoms with Gasteiger partial charge in [-0.15, -0.1) is 11.3 Å². The Labute approximate surface area is 144 Å². The highest BCUT2D eigenvalue weighted by Crippen LogP contribution is 2.41. The molecular weight excluding hydrogens is 344 g/mol. The van der Waals surface area contributed by atoms with Crippen LogP contribution in [0.15, 0.2) is 57.3 Å². The standard InChI is InChI=1S/C17H16N2O3S2/c20-24(21,19-10-12-4-2-1-3-5-12)16-9-8-15(23-16)14-11-18-17(22-14)13-6-7-13/h1-5,8-9,11,13,19H,6-7,10H2. The molecule has 1 aromatic carbocycles. The molecule has 2 heterocycles. The topological polar surface area (TPSA) is 72.2 Å². The molecule has 0 bridgehead atoms. The van der Waals surface area contributed by atoms with Gasteiger partial charge in [-0.25, -0.2) is 18.1 Å². The highest BCUT2D eigenvalue weighted by atomic mass is 32.2. The van der Waals surface area contributed by atoms with Crippen molar-refractivity contribution in [1.82, 2.24) is 9.71 Å². The van der Waals surface area contributed by atoms with Crippen LogP contribution in [0.25, 0.3) is 10.6 Å². The van der Waals surface area contributed by atoms with Gasteiger partial charge in [0.05, 0.1) is 11.1 Å². The largest absolute Gasteiger partial charge is 0.440 e. The lowest BCUT2D eigenvalue weighted by molar-refractivity contribution is 0.510. The number of hydrogen-bond acceptors (Lipinski definition) is 5. The number of nitrogens with zero attached hydrogens (tertiary/aromatic N) is 1. The van der Waals surface area contributed by atoms with E-state index in [4.69, 9.17) is 4.42 Å². The summed E-state index contributed by atoms with van der Waals surface area (Å²) in [5.41, 5.74) is 0.919. The van der Waals surface area contributed by atoms with Gasteiger partial charge in [0.2, 0.25) is 10.0 Å². The van der Waals surface area contributed by atoms with Crippen LogP contribution in [0.1, 0.15) is 30.2 Å². The molecule has 0 unspecified atom stereocenters. The van der Waals surface area contributed by atoms with E-state index in [1.165, 1.54) is 11.3 Å². The van der Waals surface area contributed by atoms with Crippen LogP contribution in [0.4, 0.5) is 0 Å². The first-order valence-electron chi connectivity index (χ1n) is 7.71. The summed E-state index contributed by atoms with van der Waals surface area (Å²) in [6.07, 6.45) is 3.91. The van der Waals surface area contributed by atoms with Crippen molar-refractivity contribution in [1.29, 1.82) is 0 Å². The van der Waals surface area contributed by atoms with E-state index in [0.29, 0.717) is 11.7 Å². The van der Waals surface area contributed by atoms with Gasteiger partial charge in [0.25, 0.3) is 0 Å². The van der Waals surface area contributed by atoms with Crippen molar-refractivity contribution in [3.8, 4) is 10.6 Å². The minimum Gasteiger partial charge on any atom is -0.440 e. The smallest absolute Gasteiger partial charge is 0.250 e. The lowest BCUT2D eigenvalue weighted by Crippen LogP contribution is -2.22. The van der Waals surface area contributed by atoms with E-state index in [0.717, 1.165) is 29.2 Å². The van der Waals surface area contributed by atoms with Crippen molar-refractivity contribution >= 4 is 21.4 Å². The molecule has 0 amide bonds. The summed E-state index contributed by atoms with van der Waals surface area (Å²) in [5.74, 6) is 1.82. The van der Waals surface area contributed by atoms with Crippen molar-refractivity contribution in [3.05, 3.63) is 60.1 Å². The molecule has 0 saturated heterocycles. The molecule has 1 fully saturated rings. The molecule has 0 spiro atoms. The average Bonchev–Trinajstić information content (AvgIpc) is 3.12. The summed E-state index contributed by atoms with van der Waals surface area (Å²) in [4.78, 5) is 5.05. The summed E-state index contributed by atoms with van der Waals surface area (Å²) < 4.78 is 33.5. The second kappa shape index (κ2) is 6.16. The number of oxazole rings is 1. The number of sulfonamides is 1. The predicted molar refractivity (Wildman–Crippen MR) is 92.3 cm³/mol. The third-order valence-corrected chi connectivity index (χ3v) is 6.84. The molecule has 0 atom stereocenters. The molecule has 5 nitrogen and oxygen atoms in total. The van der Waals surface area contributed by atoms with Crippen LogP contribution < -0.4 is 4.72 Å². The Morgan fingerprint density at radius 1 is 1.17 bits per heavy atom. The second-order valence-electron chi connectivity index (χ2n) is 5.77. The lowest BCUT2D eigenvalue weighted by atomic mass is 10.2. The Hall–Kier alpha value is -1.96.